The van der Waals surface area contributed by atoms with Gasteiger partial charge in [-0.3, -0.25) is 4.72 Å². The molecule has 0 spiro atoms. The maximum Gasteiger partial charge on any atom is 0.262 e. The zero-order valence-corrected chi connectivity index (χ0v) is 8.66. The number of hydrogen-bond donors (Lipinski definition) is 2. The first-order valence-electron chi connectivity index (χ1n) is 4.40. The van der Waals surface area contributed by atoms with Crippen molar-refractivity contribution in [2.45, 2.75) is 4.90 Å². The summed E-state index contributed by atoms with van der Waals surface area (Å²) >= 11 is 0. The first-order chi connectivity index (χ1) is 7.18. The average molecular weight is 222 g/mol. The smallest absolute Gasteiger partial charge is 0.262 e. The van der Waals surface area contributed by atoms with Crippen LogP contribution in [0.1, 0.15) is 0 Å². The lowest BCUT2D eigenvalue weighted by molar-refractivity contribution is 0.601. The molecule has 0 aliphatic carbocycles. The quantitative estimate of drug-likeness (QED) is 0.832. The van der Waals surface area contributed by atoms with Crippen LogP contribution in [0, 0.1) is 0 Å². The molecule has 2 N–H and O–H groups in total. The fourth-order valence-electron chi connectivity index (χ4n) is 1.20. The van der Waals surface area contributed by atoms with Gasteiger partial charge in [0, 0.05) is 6.20 Å². The van der Waals surface area contributed by atoms with Crippen LogP contribution in [0.2, 0.25) is 0 Å². The van der Waals surface area contributed by atoms with Crippen molar-refractivity contribution < 1.29 is 8.42 Å². The number of nitrogens with one attached hydrogen (secondary N) is 2. The molecule has 1 aromatic heterocycles. The van der Waals surface area contributed by atoms with E-state index in [1.165, 1.54) is 0 Å². The Morgan fingerprint density at radius 1 is 1.00 bits per heavy atom. The Morgan fingerprint density at radius 3 is 2.33 bits per heavy atom. The maximum absolute atomic E-state index is 11.8. The van der Waals surface area contributed by atoms with Gasteiger partial charge in [-0.2, -0.15) is 0 Å². The van der Waals surface area contributed by atoms with Crippen LogP contribution in [-0.4, -0.2) is 13.4 Å². The van der Waals surface area contributed by atoms with Gasteiger partial charge in [0.15, 0.2) is 0 Å². The summed E-state index contributed by atoms with van der Waals surface area (Å²) in [6, 6.07) is 11.6. The van der Waals surface area contributed by atoms with E-state index in [0.29, 0.717) is 5.82 Å². The molecule has 0 unspecified atom stereocenters. The van der Waals surface area contributed by atoms with Crippen molar-refractivity contribution in [3.8, 4) is 0 Å². The highest BCUT2D eigenvalue weighted by Gasteiger charge is 2.12. The molecule has 0 aliphatic rings. The van der Waals surface area contributed by atoms with Gasteiger partial charge >= 0.3 is 0 Å². The summed E-state index contributed by atoms with van der Waals surface area (Å²) in [5, 5.41) is 0. The molecular formula is C10H10N2O2S. The summed E-state index contributed by atoms with van der Waals surface area (Å²) in [5.41, 5.74) is 0. The van der Waals surface area contributed by atoms with Gasteiger partial charge in [0.1, 0.15) is 5.82 Å². The predicted octanol–water partition coefficient (Wildman–Crippen LogP) is 1.82. The molecular weight excluding hydrogens is 212 g/mol. The Balaban J connectivity index is 2.29. The van der Waals surface area contributed by atoms with Crippen LogP contribution in [0.4, 0.5) is 5.82 Å². The second-order valence-corrected chi connectivity index (χ2v) is 4.68. The molecule has 0 bridgehead atoms. The van der Waals surface area contributed by atoms with E-state index in [1.54, 1.807) is 48.7 Å². The molecule has 2 rings (SSSR count). The largest absolute Gasteiger partial charge is 0.348 e. The number of aromatic amines is 1. The molecule has 15 heavy (non-hydrogen) atoms. The minimum absolute atomic E-state index is 0.250. The van der Waals surface area contributed by atoms with E-state index in [9.17, 15) is 8.42 Å². The third-order valence-electron chi connectivity index (χ3n) is 1.90. The van der Waals surface area contributed by atoms with Gasteiger partial charge < -0.3 is 4.98 Å². The van der Waals surface area contributed by atoms with E-state index in [2.05, 4.69) is 9.71 Å². The second kappa shape index (κ2) is 3.78. The van der Waals surface area contributed by atoms with Gasteiger partial charge in [0.25, 0.3) is 10.0 Å². The first kappa shape index (κ1) is 9.79. The fourth-order valence-corrected chi connectivity index (χ4v) is 2.25. The number of anilines is 1. The lowest BCUT2D eigenvalue weighted by Crippen LogP contribution is -2.12. The van der Waals surface area contributed by atoms with E-state index >= 15 is 0 Å². The van der Waals surface area contributed by atoms with Gasteiger partial charge in [-0.1, -0.05) is 18.2 Å². The van der Waals surface area contributed by atoms with Gasteiger partial charge in [-0.25, -0.2) is 8.42 Å². The van der Waals surface area contributed by atoms with Crippen molar-refractivity contribution in [2.75, 3.05) is 4.72 Å². The van der Waals surface area contributed by atoms with Crippen molar-refractivity contribution in [1.82, 2.24) is 4.98 Å². The van der Waals surface area contributed by atoms with Crippen molar-refractivity contribution >= 4 is 15.8 Å². The molecule has 0 saturated carbocycles. The van der Waals surface area contributed by atoms with E-state index in [4.69, 9.17) is 0 Å². The average Bonchev–Trinajstić information content (AvgIpc) is 2.71. The standard InChI is InChI=1S/C10H10N2O2S/c13-15(14,9-5-2-1-3-6-9)12-10-7-4-8-11-10/h1-8,11-12H. The number of hydrogen-bond acceptors (Lipinski definition) is 2. The van der Waals surface area contributed by atoms with Crippen LogP contribution in [0.15, 0.2) is 53.6 Å². The third kappa shape index (κ3) is 2.19. The molecule has 1 heterocycles. The van der Waals surface area contributed by atoms with E-state index in [-0.39, 0.29) is 4.90 Å². The Labute approximate surface area is 88.0 Å². The molecule has 0 aliphatic heterocycles. The number of rotatable bonds is 3. The first-order valence-corrected chi connectivity index (χ1v) is 5.88. The molecule has 4 nitrogen and oxygen atoms in total. The van der Waals surface area contributed by atoms with Crippen LogP contribution in [-0.2, 0) is 10.0 Å². The Hall–Kier alpha value is -1.75. The van der Waals surface area contributed by atoms with Gasteiger partial charge in [-0.05, 0) is 24.3 Å². The topological polar surface area (TPSA) is 62.0 Å². The Kier molecular flexibility index (Phi) is 2.47. The summed E-state index contributed by atoms with van der Waals surface area (Å²) in [5.74, 6) is 0.457. The van der Waals surface area contributed by atoms with Crippen molar-refractivity contribution in [3.05, 3.63) is 48.7 Å². The highest BCUT2D eigenvalue weighted by atomic mass is 32.2. The molecule has 1 aromatic carbocycles. The molecule has 0 amide bonds. The summed E-state index contributed by atoms with van der Waals surface area (Å²) in [7, 11) is -3.46. The normalized spacial score (nSPS) is 11.2. The van der Waals surface area contributed by atoms with Gasteiger partial charge in [-0.15, -0.1) is 0 Å². The molecule has 0 fully saturated rings. The molecule has 0 radical (unpaired) electrons. The van der Waals surface area contributed by atoms with Crippen molar-refractivity contribution in [3.63, 3.8) is 0 Å². The molecule has 0 atom stereocenters. The van der Waals surface area contributed by atoms with Gasteiger partial charge in [0.05, 0.1) is 4.90 Å². The Bertz CT molecular complexity index is 518. The minimum atomic E-state index is -3.46. The molecule has 0 saturated heterocycles. The third-order valence-corrected chi connectivity index (χ3v) is 3.28. The van der Waals surface area contributed by atoms with E-state index in [1.807, 2.05) is 0 Å². The van der Waals surface area contributed by atoms with Crippen molar-refractivity contribution in [2.24, 2.45) is 0 Å². The molecule has 78 valence electrons. The lowest BCUT2D eigenvalue weighted by atomic mass is 10.4. The molecule has 2 aromatic rings. The second-order valence-electron chi connectivity index (χ2n) is 3.00. The monoisotopic (exact) mass is 222 g/mol. The predicted molar refractivity (Wildman–Crippen MR) is 58.0 cm³/mol. The molecule has 5 heteroatoms. The lowest BCUT2D eigenvalue weighted by Gasteiger charge is -2.05. The van der Waals surface area contributed by atoms with Crippen LogP contribution >= 0.6 is 0 Å². The number of sulfonamides is 1. The zero-order valence-electron chi connectivity index (χ0n) is 7.84. The van der Waals surface area contributed by atoms with E-state index in [0.717, 1.165) is 0 Å². The number of aromatic nitrogens is 1. The maximum atomic E-state index is 11.8. The van der Waals surface area contributed by atoms with Crippen LogP contribution in [0.5, 0.6) is 0 Å². The van der Waals surface area contributed by atoms with Crippen LogP contribution in [0.3, 0.4) is 0 Å². The van der Waals surface area contributed by atoms with Crippen LogP contribution < -0.4 is 4.72 Å². The SMILES string of the molecule is O=S(=O)(Nc1ccc[nH]1)c1ccccc1. The minimum Gasteiger partial charge on any atom is -0.348 e. The highest BCUT2D eigenvalue weighted by molar-refractivity contribution is 7.92. The summed E-state index contributed by atoms with van der Waals surface area (Å²) in [4.78, 5) is 3.02. The highest BCUT2D eigenvalue weighted by Crippen LogP contribution is 2.13. The van der Waals surface area contributed by atoms with Crippen molar-refractivity contribution in [1.29, 1.82) is 0 Å². The van der Waals surface area contributed by atoms with Crippen LogP contribution in [0.25, 0.3) is 0 Å². The number of benzene rings is 1. The Morgan fingerprint density at radius 2 is 1.73 bits per heavy atom. The zero-order chi connectivity index (χ0) is 10.7. The summed E-state index contributed by atoms with van der Waals surface area (Å²) in [6.45, 7) is 0. The summed E-state index contributed by atoms with van der Waals surface area (Å²) < 4.78 is 26.0. The number of H-pyrrole nitrogens is 1. The fraction of sp³-hybridized carbons (Fsp3) is 0. The van der Waals surface area contributed by atoms with Gasteiger partial charge in [0.2, 0.25) is 0 Å². The summed E-state index contributed by atoms with van der Waals surface area (Å²) in [6.07, 6.45) is 1.66. The van der Waals surface area contributed by atoms with E-state index < -0.39 is 10.0 Å².